The first-order chi connectivity index (χ1) is 17.2. The maximum absolute atomic E-state index is 6.22. The number of ether oxygens (including phenoxy) is 2. The van der Waals surface area contributed by atoms with E-state index in [1.54, 1.807) is 0 Å². The summed E-state index contributed by atoms with van der Waals surface area (Å²) < 4.78 is 13.7. The van der Waals surface area contributed by atoms with Crippen LogP contribution in [-0.2, 0) is 4.74 Å². The molecule has 2 aliphatic rings. The number of hydrogen-bond donors (Lipinski definition) is 1. The summed E-state index contributed by atoms with van der Waals surface area (Å²) in [6, 6.07) is 17.0. The summed E-state index contributed by atoms with van der Waals surface area (Å²) in [5.74, 6) is 1.68. The fourth-order valence-corrected chi connectivity index (χ4v) is 5.11. The number of benzene rings is 2. The van der Waals surface area contributed by atoms with Crippen molar-refractivity contribution in [2.75, 3.05) is 44.3 Å². The molecule has 35 heavy (non-hydrogen) atoms. The van der Waals surface area contributed by atoms with E-state index in [4.69, 9.17) is 20.2 Å². The molecular formula is C27H32N6O2. The second-order valence-electron chi connectivity index (χ2n) is 9.47. The van der Waals surface area contributed by atoms with E-state index in [2.05, 4.69) is 58.1 Å². The van der Waals surface area contributed by atoms with Gasteiger partial charge in [-0.15, -0.1) is 0 Å². The zero-order valence-electron chi connectivity index (χ0n) is 20.1. The van der Waals surface area contributed by atoms with Gasteiger partial charge in [0.2, 0.25) is 0 Å². The monoisotopic (exact) mass is 472 g/mol. The molecule has 0 aliphatic carbocycles. The van der Waals surface area contributed by atoms with Crippen molar-refractivity contribution in [1.82, 2.24) is 19.4 Å². The van der Waals surface area contributed by atoms with E-state index in [-0.39, 0.29) is 6.23 Å². The van der Waals surface area contributed by atoms with E-state index in [1.165, 1.54) is 5.69 Å². The maximum Gasteiger partial charge on any atom is 0.149 e. The number of imidazole rings is 1. The van der Waals surface area contributed by atoms with Gasteiger partial charge in [-0.25, -0.2) is 9.97 Å². The molecule has 0 saturated carbocycles. The Kier molecular flexibility index (Phi) is 6.01. The Labute approximate surface area is 205 Å². The lowest BCUT2D eigenvalue weighted by Crippen LogP contribution is -2.44. The number of nitrogens with zero attached hydrogens (tertiary/aromatic N) is 5. The van der Waals surface area contributed by atoms with E-state index in [0.29, 0.717) is 6.04 Å². The van der Waals surface area contributed by atoms with Crippen LogP contribution < -0.4 is 15.4 Å². The average Bonchev–Trinajstić information content (AvgIpc) is 3.32. The van der Waals surface area contributed by atoms with Gasteiger partial charge in [-0.2, -0.15) is 0 Å². The van der Waals surface area contributed by atoms with Gasteiger partial charge in [0.1, 0.15) is 24.1 Å². The van der Waals surface area contributed by atoms with E-state index in [1.807, 2.05) is 23.0 Å². The molecule has 2 aromatic carbocycles. The second kappa shape index (κ2) is 9.45. The summed E-state index contributed by atoms with van der Waals surface area (Å²) in [6.07, 6.45) is 3.85. The summed E-state index contributed by atoms with van der Waals surface area (Å²) in [4.78, 5) is 14.5. The lowest BCUT2D eigenvalue weighted by Gasteiger charge is -2.32. The Balaban J connectivity index is 1.29. The van der Waals surface area contributed by atoms with Gasteiger partial charge in [-0.1, -0.05) is 12.1 Å². The van der Waals surface area contributed by atoms with Gasteiger partial charge < -0.3 is 20.1 Å². The third-order valence-electron chi connectivity index (χ3n) is 7.20. The number of para-hydroxylation sites is 1. The standard InChI is InChI=1S/C27H32N6O2/c1-19(31-13-15-34-16-14-31)35-22-6-7-24-23(17-22)29-18-33(24)26-8-5-20-3-2-4-25(27(20)30-26)32-11-9-21(28)10-12-32/h2-8,17-19,21H,9-16,28H2,1H3. The minimum Gasteiger partial charge on any atom is -0.475 e. The van der Waals surface area contributed by atoms with Gasteiger partial charge in [0, 0.05) is 43.7 Å². The molecule has 0 spiro atoms. The summed E-state index contributed by atoms with van der Waals surface area (Å²) in [5.41, 5.74) is 10.2. The molecule has 4 aromatic rings. The topological polar surface area (TPSA) is 81.7 Å². The lowest BCUT2D eigenvalue weighted by molar-refractivity contribution is -0.0372. The highest BCUT2D eigenvalue weighted by Gasteiger charge is 2.20. The Hall–Kier alpha value is -3.20. The smallest absolute Gasteiger partial charge is 0.149 e. The van der Waals surface area contributed by atoms with Crippen LogP contribution in [0.2, 0.25) is 0 Å². The van der Waals surface area contributed by atoms with Crippen LogP contribution >= 0.6 is 0 Å². The Morgan fingerprint density at radius 2 is 1.86 bits per heavy atom. The van der Waals surface area contributed by atoms with Crippen LogP contribution in [0.25, 0.3) is 27.8 Å². The zero-order chi connectivity index (χ0) is 23.8. The van der Waals surface area contributed by atoms with Crippen LogP contribution in [0.4, 0.5) is 5.69 Å². The molecule has 2 aliphatic heterocycles. The third kappa shape index (κ3) is 4.45. The molecule has 2 saturated heterocycles. The number of fused-ring (bicyclic) bond motifs is 2. The normalized spacial score (nSPS) is 18.9. The van der Waals surface area contributed by atoms with Crippen molar-refractivity contribution in [2.45, 2.75) is 32.0 Å². The van der Waals surface area contributed by atoms with Crippen molar-refractivity contribution in [3.05, 3.63) is 54.9 Å². The summed E-state index contributed by atoms with van der Waals surface area (Å²) in [5, 5.41) is 1.14. The summed E-state index contributed by atoms with van der Waals surface area (Å²) >= 11 is 0. The molecule has 0 radical (unpaired) electrons. The Morgan fingerprint density at radius 1 is 1.03 bits per heavy atom. The molecule has 2 aromatic heterocycles. The van der Waals surface area contributed by atoms with Gasteiger partial charge >= 0.3 is 0 Å². The molecule has 2 fully saturated rings. The number of nitrogens with two attached hydrogens (primary N) is 1. The molecule has 8 heteroatoms. The predicted octanol–water partition coefficient (Wildman–Crippen LogP) is 3.56. The SMILES string of the molecule is CC(Oc1ccc2c(c1)ncn2-c1ccc2cccc(N3CCC(N)CC3)c2n1)N1CCOCC1. The van der Waals surface area contributed by atoms with Gasteiger partial charge in [-0.05, 0) is 50.1 Å². The number of pyridine rings is 1. The first-order valence-electron chi connectivity index (χ1n) is 12.5. The lowest BCUT2D eigenvalue weighted by atomic mass is 10.0. The Morgan fingerprint density at radius 3 is 2.69 bits per heavy atom. The average molecular weight is 473 g/mol. The van der Waals surface area contributed by atoms with E-state index >= 15 is 0 Å². The van der Waals surface area contributed by atoms with E-state index in [0.717, 1.165) is 85.7 Å². The number of anilines is 1. The third-order valence-corrected chi connectivity index (χ3v) is 7.20. The highest BCUT2D eigenvalue weighted by molar-refractivity contribution is 5.92. The predicted molar refractivity (Wildman–Crippen MR) is 138 cm³/mol. The van der Waals surface area contributed by atoms with Crippen molar-refractivity contribution in [1.29, 1.82) is 0 Å². The van der Waals surface area contributed by atoms with Crippen LogP contribution in [0, 0.1) is 0 Å². The van der Waals surface area contributed by atoms with Gasteiger partial charge in [0.15, 0.2) is 0 Å². The largest absolute Gasteiger partial charge is 0.475 e. The van der Waals surface area contributed by atoms with Gasteiger partial charge in [0.05, 0.1) is 35.5 Å². The molecule has 182 valence electrons. The maximum atomic E-state index is 6.22. The quantitative estimate of drug-likeness (QED) is 0.476. The number of hydrogen-bond acceptors (Lipinski definition) is 7. The van der Waals surface area contributed by atoms with Crippen molar-refractivity contribution in [2.24, 2.45) is 5.73 Å². The highest BCUT2D eigenvalue weighted by atomic mass is 16.5. The second-order valence-corrected chi connectivity index (χ2v) is 9.47. The summed E-state index contributed by atoms with van der Waals surface area (Å²) in [6.45, 7) is 7.29. The van der Waals surface area contributed by atoms with E-state index < -0.39 is 0 Å². The first kappa shape index (κ1) is 22.3. The number of piperidine rings is 1. The minimum atomic E-state index is -0.0108. The van der Waals surface area contributed by atoms with Crippen LogP contribution in [0.15, 0.2) is 54.9 Å². The molecule has 1 unspecified atom stereocenters. The van der Waals surface area contributed by atoms with Crippen molar-refractivity contribution >= 4 is 27.6 Å². The van der Waals surface area contributed by atoms with Crippen molar-refractivity contribution in [3.8, 4) is 11.6 Å². The van der Waals surface area contributed by atoms with Crippen molar-refractivity contribution < 1.29 is 9.47 Å². The number of aromatic nitrogens is 3. The van der Waals surface area contributed by atoms with Crippen LogP contribution in [0.3, 0.4) is 0 Å². The van der Waals surface area contributed by atoms with E-state index in [9.17, 15) is 0 Å². The molecule has 2 N–H and O–H groups in total. The fourth-order valence-electron chi connectivity index (χ4n) is 5.11. The molecule has 4 heterocycles. The first-order valence-corrected chi connectivity index (χ1v) is 12.5. The van der Waals surface area contributed by atoms with Gasteiger partial charge in [-0.3, -0.25) is 9.47 Å². The fraction of sp³-hybridized carbons (Fsp3) is 0.407. The van der Waals surface area contributed by atoms with Gasteiger partial charge in [0.25, 0.3) is 0 Å². The van der Waals surface area contributed by atoms with Crippen molar-refractivity contribution in [3.63, 3.8) is 0 Å². The zero-order valence-corrected chi connectivity index (χ0v) is 20.1. The number of morpholine rings is 1. The Bertz CT molecular complexity index is 1320. The van der Waals surface area contributed by atoms with Crippen LogP contribution in [0.5, 0.6) is 5.75 Å². The van der Waals surface area contributed by atoms with Crippen LogP contribution in [-0.4, -0.2) is 71.1 Å². The molecule has 0 amide bonds. The summed E-state index contributed by atoms with van der Waals surface area (Å²) in [7, 11) is 0. The number of rotatable bonds is 5. The minimum absolute atomic E-state index is 0.0108. The molecule has 8 nitrogen and oxygen atoms in total. The molecular weight excluding hydrogens is 440 g/mol. The molecule has 0 bridgehead atoms. The van der Waals surface area contributed by atoms with Crippen LogP contribution in [0.1, 0.15) is 19.8 Å². The molecule has 6 rings (SSSR count). The highest BCUT2D eigenvalue weighted by Crippen LogP contribution is 2.30. The molecule has 1 atom stereocenters.